The van der Waals surface area contributed by atoms with E-state index in [2.05, 4.69) is 10.2 Å². The molecule has 0 atom stereocenters. The van der Waals surface area contributed by atoms with Crippen LogP contribution in [0.2, 0.25) is 10.0 Å². The number of hydrogen-bond acceptors (Lipinski definition) is 5. The lowest BCUT2D eigenvalue weighted by Crippen LogP contribution is -2.36. The van der Waals surface area contributed by atoms with E-state index < -0.39 is 0 Å². The Kier molecular flexibility index (Phi) is 5.76. The minimum Gasteiger partial charge on any atom is -0.494 e. The SMILES string of the molecule is COc1c(Cl)cc(C(=O)Nc2ccc(N3CCOCC3)c(N)c2)cc1Cl. The van der Waals surface area contributed by atoms with Gasteiger partial charge >= 0.3 is 0 Å². The molecule has 0 radical (unpaired) electrons. The van der Waals surface area contributed by atoms with Gasteiger partial charge in [-0.05, 0) is 30.3 Å². The number of nitrogens with one attached hydrogen (secondary N) is 1. The molecule has 0 spiro atoms. The lowest BCUT2D eigenvalue weighted by atomic mass is 10.1. The van der Waals surface area contributed by atoms with Crippen LogP contribution in [0.25, 0.3) is 0 Å². The molecule has 0 unspecified atom stereocenters. The Morgan fingerprint density at radius 3 is 2.42 bits per heavy atom. The summed E-state index contributed by atoms with van der Waals surface area (Å²) < 4.78 is 10.4. The number of carbonyl (C=O) groups is 1. The van der Waals surface area contributed by atoms with E-state index in [1.807, 2.05) is 12.1 Å². The van der Waals surface area contributed by atoms with Crippen LogP contribution in [-0.2, 0) is 4.74 Å². The molecule has 3 rings (SSSR count). The lowest BCUT2D eigenvalue weighted by molar-refractivity contribution is 0.102. The van der Waals surface area contributed by atoms with Gasteiger partial charge in [0, 0.05) is 24.3 Å². The molecule has 6 nitrogen and oxygen atoms in total. The highest BCUT2D eigenvalue weighted by atomic mass is 35.5. The molecular formula is C18H19Cl2N3O3. The van der Waals surface area contributed by atoms with Gasteiger partial charge in [0.1, 0.15) is 0 Å². The number of amides is 1. The number of rotatable bonds is 4. The third-order valence-electron chi connectivity index (χ3n) is 4.10. The number of hydrogen-bond donors (Lipinski definition) is 2. The number of nitrogen functional groups attached to an aromatic ring is 1. The van der Waals surface area contributed by atoms with E-state index in [0.717, 1.165) is 18.8 Å². The number of nitrogens with zero attached hydrogens (tertiary/aromatic N) is 1. The van der Waals surface area contributed by atoms with Crippen LogP contribution in [0.5, 0.6) is 5.75 Å². The fourth-order valence-electron chi connectivity index (χ4n) is 2.81. The zero-order chi connectivity index (χ0) is 18.7. The Balaban J connectivity index is 1.76. The number of ether oxygens (including phenoxy) is 2. The van der Waals surface area contributed by atoms with Gasteiger partial charge in [-0.25, -0.2) is 0 Å². The molecule has 2 aromatic carbocycles. The molecule has 3 N–H and O–H groups in total. The Bertz CT molecular complexity index is 800. The van der Waals surface area contributed by atoms with Crippen LogP contribution in [0.3, 0.4) is 0 Å². The van der Waals surface area contributed by atoms with Crippen molar-refractivity contribution in [1.82, 2.24) is 0 Å². The monoisotopic (exact) mass is 395 g/mol. The average Bonchev–Trinajstić information content (AvgIpc) is 2.62. The first-order chi connectivity index (χ1) is 12.5. The van der Waals surface area contributed by atoms with E-state index in [4.69, 9.17) is 38.4 Å². The van der Waals surface area contributed by atoms with E-state index in [9.17, 15) is 4.79 Å². The Labute approximate surface area is 161 Å². The highest BCUT2D eigenvalue weighted by Gasteiger charge is 2.16. The maximum absolute atomic E-state index is 12.5. The zero-order valence-electron chi connectivity index (χ0n) is 14.2. The van der Waals surface area contributed by atoms with Crippen molar-refractivity contribution in [2.75, 3.05) is 49.4 Å². The molecule has 2 aromatic rings. The van der Waals surface area contributed by atoms with Crippen molar-refractivity contribution in [3.63, 3.8) is 0 Å². The van der Waals surface area contributed by atoms with Crippen molar-refractivity contribution in [2.24, 2.45) is 0 Å². The van der Waals surface area contributed by atoms with Crippen molar-refractivity contribution in [2.45, 2.75) is 0 Å². The van der Waals surface area contributed by atoms with Crippen molar-refractivity contribution < 1.29 is 14.3 Å². The summed E-state index contributed by atoms with van der Waals surface area (Å²) in [5, 5.41) is 3.34. The van der Waals surface area contributed by atoms with Crippen LogP contribution in [0.15, 0.2) is 30.3 Å². The minimum absolute atomic E-state index is 0.271. The molecular weight excluding hydrogens is 377 g/mol. The summed E-state index contributed by atoms with van der Waals surface area (Å²) in [4.78, 5) is 14.6. The number of benzene rings is 2. The molecule has 0 saturated carbocycles. The van der Waals surface area contributed by atoms with E-state index in [-0.39, 0.29) is 16.0 Å². The first-order valence-corrected chi connectivity index (χ1v) is 8.82. The second-order valence-electron chi connectivity index (χ2n) is 5.80. The Hall–Kier alpha value is -2.15. The van der Waals surface area contributed by atoms with Gasteiger partial charge in [0.2, 0.25) is 0 Å². The lowest BCUT2D eigenvalue weighted by Gasteiger charge is -2.30. The topological polar surface area (TPSA) is 76.8 Å². The van der Waals surface area contributed by atoms with Crippen molar-refractivity contribution in [3.05, 3.63) is 45.9 Å². The van der Waals surface area contributed by atoms with Crippen LogP contribution in [0, 0.1) is 0 Å². The van der Waals surface area contributed by atoms with Crippen LogP contribution in [0.4, 0.5) is 17.1 Å². The van der Waals surface area contributed by atoms with Gasteiger partial charge in [-0.2, -0.15) is 0 Å². The summed E-state index contributed by atoms with van der Waals surface area (Å²) in [6.07, 6.45) is 0. The third kappa shape index (κ3) is 3.98. The summed E-state index contributed by atoms with van der Waals surface area (Å²) in [6.45, 7) is 2.94. The van der Waals surface area contributed by atoms with Gasteiger partial charge < -0.3 is 25.4 Å². The van der Waals surface area contributed by atoms with Gasteiger partial charge in [0.15, 0.2) is 5.75 Å². The summed E-state index contributed by atoms with van der Waals surface area (Å²) in [6, 6.07) is 8.45. The zero-order valence-corrected chi connectivity index (χ0v) is 15.7. The number of carbonyl (C=O) groups excluding carboxylic acids is 1. The van der Waals surface area contributed by atoms with Crippen molar-refractivity contribution in [3.8, 4) is 5.75 Å². The molecule has 1 saturated heterocycles. The standard InChI is InChI=1S/C18H19Cl2N3O3/c1-25-17-13(19)8-11(9-14(17)20)18(24)22-12-2-3-16(15(21)10-12)23-4-6-26-7-5-23/h2-3,8-10H,4-7,21H2,1H3,(H,22,24). The Morgan fingerprint density at radius 2 is 1.85 bits per heavy atom. The molecule has 1 amide bonds. The molecule has 1 aliphatic rings. The summed E-state index contributed by atoms with van der Waals surface area (Å²) in [5.41, 5.74) is 8.61. The Morgan fingerprint density at radius 1 is 1.19 bits per heavy atom. The first kappa shape index (κ1) is 18.6. The van der Waals surface area contributed by atoms with Crippen molar-refractivity contribution >= 4 is 46.2 Å². The normalized spacial score (nSPS) is 14.2. The number of morpholine rings is 1. The molecule has 8 heteroatoms. The maximum Gasteiger partial charge on any atom is 0.255 e. The van der Waals surface area contributed by atoms with Crippen LogP contribution in [-0.4, -0.2) is 39.3 Å². The van der Waals surface area contributed by atoms with E-state index in [1.54, 1.807) is 6.07 Å². The highest BCUT2D eigenvalue weighted by Crippen LogP contribution is 2.34. The number of halogens is 2. The third-order valence-corrected chi connectivity index (χ3v) is 4.66. The average molecular weight is 396 g/mol. The van der Waals surface area contributed by atoms with Crippen LogP contribution < -0.4 is 20.7 Å². The summed E-state index contributed by atoms with van der Waals surface area (Å²) >= 11 is 12.2. The fraction of sp³-hybridized carbons (Fsp3) is 0.278. The van der Waals surface area contributed by atoms with Gasteiger partial charge in [-0.15, -0.1) is 0 Å². The number of nitrogens with two attached hydrogens (primary N) is 1. The molecule has 0 aromatic heterocycles. The summed E-state index contributed by atoms with van der Waals surface area (Å²) in [7, 11) is 1.46. The second kappa shape index (κ2) is 8.03. The fourth-order valence-corrected chi connectivity index (χ4v) is 3.46. The van der Waals surface area contributed by atoms with Gasteiger partial charge in [0.25, 0.3) is 5.91 Å². The van der Waals surface area contributed by atoms with E-state index in [1.165, 1.54) is 19.2 Å². The van der Waals surface area contributed by atoms with Crippen LogP contribution >= 0.6 is 23.2 Å². The summed E-state index contributed by atoms with van der Waals surface area (Å²) in [5.74, 6) is -0.000956. The predicted molar refractivity (Wildman–Crippen MR) is 105 cm³/mol. The quantitative estimate of drug-likeness (QED) is 0.772. The van der Waals surface area contributed by atoms with Gasteiger partial charge in [-0.1, -0.05) is 23.2 Å². The second-order valence-corrected chi connectivity index (χ2v) is 6.61. The molecule has 26 heavy (non-hydrogen) atoms. The molecule has 1 heterocycles. The number of anilines is 3. The highest BCUT2D eigenvalue weighted by molar-refractivity contribution is 6.37. The van der Waals surface area contributed by atoms with Gasteiger partial charge in [-0.3, -0.25) is 4.79 Å². The molecule has 0 bridgehead atoms. The minimum atomic E-state index is -0.338. The van der Waals surface area contributed by atoms with Crippen molar-refractivity contribution in [1.29, 1.82) is 0 Å². The predicted octanol–water partition coefficient (Wildman–Crippen LogP) is 3.67. The van der Waals surface area contributed by atoms with E-state index >= 15 is 0 Å². The van der Waals surface area contributed by atoms with Gasteiger partial charge in [0.05, 0.1) is 41.7 Å². The molecule has 0 aliphatic carbocycles. The van der Waals surface area contributed by atoms with Crippen LogP contribution in [0.1, 0.15) is 10.4 Å². The largest absolute Gasteiger partial charge is 0.494 e. The molecule has 138 valence electrons. The first-order valence-electron chi connectivity index (χ1n) is 8.06. The smallest absolute Gasteiger partial charge is 0.255 e. The van der Waals surface area contributed by atoms with E-state index in [0.29, 0.717) is 35.9 Å². The number of methoxy groups -OCH3 is 1. The molecule has 1 aliphatic heterocycles. The maximum atomic E-state index is 12.5. The molecule has 1 fully saturated rings.